The summed E-state index contributed by atoms with van der Waals surface area (Å²) in [5.74, 6) is -1.22. The van der Waals surface area contributed by atoms with E-state index in [1.165, 1.54) is 12.1 Å². The molecule has 1 amide bonds. The van der Waals surface area contributed by atoms with Crippen molar-refractivity contribution < 1.29 is 23.2 Å². The van der Waals surface area contributed by atoms with Crippen molar-refractivity contribution in [2.24, 2.45) is 0 Å². The molecule has 0 radical (unpaired) electrons. The third-order valence-electron chi connectivity index (χ3n) is 5.53. The number of esters is 1. The van der Waals surface area contributed by atoms with Crippen LogP contribution in [0.4, 0.5) is 4.39 Å². The van der Waals surface area contributed by atoms with Gasteiger partial charge in [-0.3, -0.25) is 4.79 Å². The number of aromatic nitrogens is 2. The van der Waals surface area contributed by atoms with Crippen LogP contribution in [0.15, 0.2) is 34.9 Å². The van der Waals surface area contributed by atoms with Gasteiger partial charge in [-0.25, -0.2) is 14.2 Å². The largest absolute Gasteiger partial charge is 0.449 e. The summed E-state index contributed by atoms with van der Waals surface area (Å²) in [5.41, 5.74) is 1.91. The quantitative estimate of drug-likeness (QED) is 0.580. The molecule has 0 spiro atoms. The first-order chi connectivity index (χ1) is 14.9. The fraction of sp³-hybridized carbons (Fsp3) is 0.391. The molecule has 7 nitrogen and oxygen atoms in total. The van der Waals surface area contributed by atoms with Gasteiger partial charge in [-0.05, 0) is 57.0 Å². The van der Waals surface area contributed by atoms with E-state index in [1.54, 1.807) is 36.9 Å². The van der Waals surface area contributed by atoms with Gasteiger partial charge in [0.1, 0.15) is 5.82 Å². The van der Waals surface area contributed by atoms with Crippen molar-refractivity contribution in [3.05, 3.63) is 47.4 Å². The van der Waals surface area contributed by atoms with Crippen LogP contribution in [0.25, 0.3) is 22.4 Å². The van der Waals surface area contributed by atoms with Crippen LogP contribution in [0.1, 0.15) is 48.7 Å². The fourth-order valence-corrected chi connectivity index (χ4v) is 3.85. The molecule has 1 fully saturated rings. The van der Waals surface area contributed by atoms with Crippen molar-refractivity contribution in [2.45, 2.75) is 45.6 Å². The molecule has 3 heterocycles. The molecule has 0 aliphatic carbocycles. The zero-order valence-electron chi connectivity index (χ0n) is 17.6. The van der Waals surface area contributed by atoms with Crippen LogP contribution in [-0.2, 0) is 9.53 Å². The van der Waals surface area contributed by atoms with Crippen LogP contribution in [0.5, 0.6) is 0 Å². The number of likely N-dealkylation sites (tertiary alicyclic amines) is 1. The van der Waals surface area contributed by atoms with E-state index in [-0.39, 0.29) is 23.0 Å². The number of carbonyl (C=O) groups is 2. The molecule has 1 atom stereocenters. The number of amides is 1. The Morgan fingerprint density at radius 3 is 2.48 bits per heavy atom. The highest BCUT2D eigenvalue weighted by atomic mass is 19.1. The first-order valence-corrected chi connectivity index (χ1v) is 10.5. The molecule has 0 N–H and O–H groups in total. The molecule has 1 aliphatic rings. The molecule has 8 heteroatoms. The Balaban J connectivity index is 1.62. The van der Waals surface area contributed by atoms with Crippen LogP contribution in [0.2, 0.25) is 0 Å². The lowest BCUT2D eigenvalue weighted by Crippen LogP contribution is -2.40. The molecule has 1 saturated heterocycles. The van der Waals surface area contributed by atoms with Crippen LogP contribution < -0.4 is 0 Å². The summed E-state index contributed by atoms with van der Waals surface area (Å²) in [4.78, 5) is 32.0. The van der Waals surface area contributed by atoms with Gasteiger partial charge in [0, 0.05) is 18.7 Å². The number of fused-ring (bicyclic) bond motifs is 1. The van der Waals surface area contributed by atoms with Gasteiger partial charge in [0.15, 0.2) is 6.10 Å². The number of hydrogen-bond donors (Lipinski definition) is 0. The number of hydrogen-bond acceptors (Lipinski definition) is 6. The minimum Gasteiger partial charge on any atom is -0.449 e. The number of ether oxygens (including phenoxy) is 1. The number of rotatable bonds is 4. The molecule has 0 unspecified atom stereocenters. The SMILES string of the molecule is Cc1noc2nc(-c3ccc(F)cc3)cc(C(=O)O[C@H](C)C(=O)N3CCCCCC3)c12. The molecule has 1 aromatic carbocycles. The number of halogens is 1. The number of benzene rings is 1. The fourth-order valence-electron chi connectivity index (χ4n) is 3.85. The maximum atomic E-state index is 13.3. The Hall–Kier alpha value is -3.29. The van der Waals surface area contributed by atoms with Gasteiger partial charge < -0.3 is 14.2 Å². The average Bonchev–Trinajstić information content (AvgIpc) is 2.97. The molecule has 31 heavy (non-hydrogen) atoms. The number of carbonyl (C=O) groups excluding carboxylic acids is 2. The maximum absolute atomic E-state index is 13.3. The van der Waals surface area contributed by atoms with Crippen molar-refractivity contribution in [1.82, 2.24) is 15.0 Å². The molecular formula is C23H24FN3O4. The summed E-state index contributed by atoms with van der Waals surface area (Å²) in [7, 11) is 0. The summed E-state index contributed by atoms with van der Waals surface area (Å²) in [5, 5.41) is 4.34. The van der Waals surface area contributed by atoms with E-state index in [4.69, 9.17) is 9.26 Å². The van der Waals surface area contributed by atoms with Crippen LogP contribution >= 0.6 is 0 Å². The maximum Gasteiger partial charge on any atom is 0.339 e. The number of pyridine rings is 1. The summed E-state index contributed by atoms with van der Waals surface area (Å²) < 4.78 is 24.1. The van der Waals surface area contributed by atoms with Crippen LogP contribution in [0.3, 0.4) is 0 Å². The molecule has 2 aromatic heterocycles. The third kappa shape index (κ3) is 4.42. The molecule has 0 saturated carbocycles. The third-order valence-corrected chi connectivity index (χ3v) is 5.53. The lowest BCUT2D eigenvalue weighted by molar-refractivity contribution is -0.139. The molecular weight excluding hydrogens is 401 g/mol. The molecule has 3 aromatic rings. The van der Waals surface area contributed by atoms with Crippen molar-refractivity contribution in [1.29, 1.82) is 0 Å². The van der Waals surface area contributed by atoms with Gasteiger partial charge >= 0.3 is 5.97 Å². The highest BCUT2D eigenvalue weighted by Gasteiger charge is 2.27. The molecule has 4 rings (SSSR count). The van der Waals surface area contributed by atoms with Crippen LogP contribution in [-0.4, -0.2) is 46.1 Å². The van der Waals surface area contributed by atoms with Crippen molar-refractivity contribution in [3.63, 3.8) is 0 Å². The van der Waals surface area contributed by atoms with Gasteiger partial charge in [-0.1, -0.05) is 18.0 Å². The summed E-state index contributed by atoms with van der Waals surface area (Å²) in [6.45, 7) is 4.65. The van der Waals surface area contributed by atoms with E-state index >= 15 is 0 Å². The second-order valence-electron chi connectivity index (χ2n) is 7.80. The lowest BCUT2D eigenvalue weighted by atomic mass is 10.1. The van der Waals surface area contributed by atoms with Gasteiger partial charge in [0.2, 0.25) is 0 Å². The van der Waals surface area contributed by atoms with Gasteiger partial charge in [0.05, 0.1) is 22.3 Å². The lowest BCUT2D eigenvalue weighted by Gasteiger charge is -2.24. The van der Waals surface area contributed by atoms with E-state index in [0.717, 1.165) is 25.7 Å². The smallest absolute Gasteiger partial charge is 0.339 e. The first kappa shape index (κ1) is 21.0. The van der Waals surface area contributed by atoms with Gasteiger partial charge in [-0.2, -0.15) is 0 Å². The Morgan fingerprint density at radius 1 is 1.13 bits per heavy atom. The monoisotopic (exact) mass is 425 g/mol. The topological polar surface area (TPSA) is 85.5 Å². The Bertz CT molecular complexity index is 1100. The first-order valence-electron chi connectivity index (χ1n) is 10.5. The Kier molecular flexibility index (Phi) is 5.97. The van der Waals surface area contributed by atoms with Crippen molar-refractivity contribution in [2.75, 3.05) is 13.1 Å². The predicted octanol–water partition coefficient (Wildman–Crippen LogP) is 4.29. The zero-order chi connectivity index (χ0) is 22.0. The highest BCUT2D eigenvalue weighted by molar-refractivity contribution is 6.05. The zero-order valence-corrected chi connectivity index (χ0v) is 17.6. The van der Waals surface area contributed by atoms with E-state index in [0.29, 0.717) is 35.4 Å². The Labute approximate surface area is 179 Å². The van der Waals surface area contributed by atoms with E-state index in [9.17, 15) is 14.0 Å². The normalized spacial score (nSPS) is 15.5. The predicted molar refractivity (Wildman–Crippen MR) is 112 cm³/mol. The second-order valence-corrected chi connectivity index (χ2v) is 7.80. The second kappa shape index (κ2) is 8.83. The molecule has 1 aliphatic heterocycles. The Morgan fingerprint density at radius 2 is 1.81 bits per heavy atom. The summed E-state index contributed by atoms with van der Waals surface area (Å²) in [6, 6.07) is 7.31. The van der Waals surface area contributed by atoms with E-state index < -0.39 is 12.1 Å². The summed E-state index contributed by atoms with van der Waals surface area (Å²) in [6.07, 6.45) is 3.21. The minimum atomic E-state index is -0.914. The standard InChI is InChI=1S/C23H24FN3O4/c1-14-20-18(23(29)30-15(2)22(28)27-11-5-3-4-6-12-27)13-19(25-21(20)31-26-14)16-7-9-17(24)10-8-16/h7-10,13,15H,3-6,11-12H2,1-2H3/t15-/m1/s1. The van der Waals surface area contributed by atoms with Gasteiger partial charge in [-0.15, -0.1) is 0 Å². The minimum absolute atomic E-state index is 0.178. The number of aryl methyl sites for hydroxylation is 1. The van der Waals surface area contributed by atoms with Crippen molar-refractivity contribution >= 4 is 23.0 Å². The average molecular weight is 425 g/mol. The number of nitrogens with zero attached hydrogens (tertiary/aromatic N) is 3. The molecule has 0 bridgehead atoms. The van der Waals surface area contributed by atoms with Crippen molar-refractivity contribution in [3.8, 4) is 11.3 Å². The summed E-state index contributed by atoms with van der Waals surface area (Å²) >= 11 is 0. The highest BCUT2D eigenvalue weighted by Crippen LogP contribution is 2.28. The van der Waals surface area contributed by atoms with Crippen LogP contribution in [0, 0.1) is 12.7 Å². The van der Waals surface area contributed by atoms with Gasteiger partial charge in [0.25, 0.3) is 11.6 Å². The molecule has 162 valence electrons. The van der Waals surface area contributed by atoms with E-state index in [2.05, 4.69) is 10.1 Å². The van der Waals surface area contributed by atoms with E-state index in [1.807, 2.05) is 0 Å².